The van der Waals surface area contributed by atoms with Gasteiger partial charge < -0.3 is 15.0 Å². The van der Waals surface area contributed by atoms with Gasteiger partial charge in [-0.1, -0.05) is 19.1 Å². The van der Waals surface area contributed by atoms with Crippen molar-refractivity contribution in [3.63, 3.8) is 0 Å². The highest BCUT2D eigenvalue weighted by molar-refractivity contribution is 5.80. The van der Waals surface area contributed by atoms with Crippen molar-refractivity contribution in [1.29, 1.82) is 0 Å². The van der Waals surface area contributed by atoms with Crippen LogP contribution in [0.1, 0.15) is 32.3 Å². The van der Waals surface area contributed by atoms with E-state index in [-0.39, 0.29) is 5.97 Å². The van der Waals surface area contributed by atoms with E-state index in [0.29, 0.717) is 0 Å². The molecule has 0 fully saturated rings. The second kappa shape index (κ2) is 8.03. The van der Waals surface area contributed by atoms with Crippen LogP contribution >= 0.6 is 0 Å². The van der Waals surface area contributed by atoms with E-state index in [4.69, 9.17) is 4.74 Å². The van der Waals surface area contributed by atoms with E-state index in [1.165, 1.54) is 18.4 Å². The van der Waals surface area contributed by atoms with Gasteiger partial charge in [0.1, 0.15) is 5.54 Å². The number of methoxy groups -OCH3 is 1. The molecule has 0 heterocycles. The fourth-order valence-electron chi connectivity index (χ4n) is 2.34. The Bertz CT molecular complexity index is 445. The van der Waals surface area contributed by atoms with Crippen LogP contribution < -0.4 is 10.2 Å². The van der Waals surface area contributed by atoms with Gasteiger partial charge in [0.15, 0.2) is 0 Å². The maximum atomic E-state index is 11.8. The Kier molecular flexibility index (Phi) is 6.69. The zero-order valence-corrected chi connectivity index (χ0v) is 13.9. The van der Waals surface area contributed by atoms with E-state index in [2.05, 4.69) is 48.5 Å². The number of carbonyl (C=O) groups is 1. The molecule has 0 saturated carbocycles. The lowest BCUT2D eigenvalue weighted by Gasteiger charge is -2.27. The van der Waals surface area contributed by atoms with Gasteiger partial charge in [0.05, 0.1) is 7.11 Å². The third-order valence-corrected chi connectivity index (χ3v) is 4.14. The highest BCUT2D eigenvalue weighted by Gasteiger charge is 2.31. The molecule has 21 heavy (non-hydrogen) atoms. The summed E-state index contributed by atoms with van der Waals surface area (Å²) in [6, 6.07) is 8.63. The monoisotopic (exact) mass is 292 g/mol. The molecule has 1 aromatic rings. The first-order chi connectivity index (χ1) is 9.96. The minimum absolute atomic E-state index is 0.208. The molecule has 1 unspecified atom stereocenters. The number of aryl methyl sites for hydroxylation is 1. The molecule has 1 rings (SSSR count). The number of rotatable bonds is 8. The summed E-state index contributed by atoms with van der Waals surface area (Å²) >= 11 is 0. The summed E-state index contributed by atoms with van der Waals surface area (Å²) in [5.41, 5.74) is 1.94. The topological polar surface area (TPSA) is 41.6 Å². The first-order valence-corrected chi connectivity index (χ1v) is 7.54. The third kappa shape index (κ3) is 4.74. The Labute approximate surface area is 128 Å². The standard InChI is InChI=1S/C17H28N2O2/c1-6-14-8-10-15(11-9-14)19(4)13-7-12-17(2,18-3)16(20)21-5/h8-11,18H,6-7,12-13H2,1-5H3. The zero-order valence-electron chi connectivity index (χ0n) is 13.9. The van der Waals surface area contributed by atoms with Crippen LogP contribution in [0.2, 0.25) is 0 Å². The summed E-state index contributed by atoms with van der Waals surface area (Å²) in [4.78, 5) is 14.0. The summed E-state index contributed by atoms with van der Waals surface area (Å²) in [6.45, 7) is 4.94. The second-order valence-corrected chi connectivity index (χ2v) is 5.62. The Morgan fingerprint density at radius 3 is 2.43 bits per heavy atom. The molecule has 4 heteroatoms. The van der Waals surface area contributed by atoms with Crippen molar-refractivity contribution >= 4 is 11.7 Å². The predicted octanol–water partition coefficient (Wildman–Crippen LogP) is 2.62. The Balaban J connectivity index is 2.52. The largest absolute Gasteiger partial charge is 0.468 e. The summed E-state index contributed by atoms with van der Waals surface area (Å²) in [5, 5.41) is 3.06. The lowest BCUT2D eigenvalue weighted by Crippen LogP contribution is -2.48. The number of ether oxygens (including phenoxy) is 1. The normalized spacial score (nSPS) is 13.6. The van der Waals surface area contributed by atoms with Gasteiger partial charge in [-0.15, -0.1) is 0 Å². The van der Waals surface area contributed by atoms with Crippen LogP contribution in [-0.2, 0) is 16.0 Å². The van der Waals surface area contributed by atoms with E-state index in [9.17, 15) is 4.79 Å². The molecule has 118 valence electrons. The molecule has 4 nitrogen and oxygen atoms in total. The van der Waals surface area contributed by atoms with Crippen LogP contribution in [0.15, 0.2) is 24.3 Å². The minimum atomic E-state index is -0.609. The number of carbonyl (C=O) groups excluding carboxylic acids is 1. The first kappa shape index (κ1) is 17.5. The Hall–Kier alpha value is -1.55. The molecule has 0 spiro atoms. The summed E-state index contributed by atoms with van der Waals surface area (Å²) < 4.78 is 4.86. The molecule has 0 amide bonds. The smallest absolute Gasteiger partial charge is 0.325 e. The fraction of sp³-hybridized carbons (Fsp3) is 0.588. The van der Waals surface area contributed by atoms with Crippen molar-refractivity contribution in [2.24, 2.45) is 0 Å². The highest BCUT2D eigenvalue weighted by atomic mass is 16.5. The molecule has 1 aromatic carbocycles. The van der Waals surface area contributed by atoms with Gasteiger partial charge in [-0.3, -0.25) is 4.79 Å². The lowest BCUT2D eigenvalue weighted by atomic mass is 9.96. The number of anilines is 1. The van der Waals surface area contributed by atoms with Gasteiger partial charge in [-0.2, -0.15) is 0 Å². The number of hydrogen-bond acceptors (Lipinski definition) is 4. The van der Waals surface area contributed by atoms with Crippen molar-refractivity contribution in [3.05, 3.63) is 29.8 Å². The van der Waals surface area contributed by atoms with Crippen LogP contribution in [0.3, 0.4) is 0 Å². The molecule has 1 atom stereocenters. The molecule has 0 saturated heterocycles. The zero-order chi connectivity index (χ0) is 15.9. The van der Waals surface area contributed by atoms with E-state index >= 15 is 0 Å². The fourth-order valence-corrected chi connectivity index (χ4v) is 2.34. The molecule has 0 bridgehead atoms. The van der Waals surface area contributed by atoms with Crippen LogP contribution in [-0.4, -0.2) is 39.3 Å². The van der Waals surface area contributed by atoms with E-state index < -0.39 is 5.54 Å². The van der Waals surface area contributed by atoms with Gasteiger partial charge in [-0.25, -0.2) is 0 Å². The van der Waals surface area contributed by atoms with Gasteiger partial charge in [0.25, 0.3) is 0 Å². The number of benzene rings is 1. The first-order valence-electron chi connectivity index (χ1n) is 7.54. The van der Waals surface area contributed by atoms with Crippen molar-refractivity contribution in [2.75, 3.05) is 32.6 Å². The molecule has 0 aliphatic heterocycles. The summed E-state index contributed by atoms with van der Waals surface area (Å²) in [5.74, 6) is -0.208. The van der Waals surface area contributed by atoms with Crippen molar-refractivity contribution in [2.45, 2.75) is 38.6 Å². The maximum absolute atomic E-state index is 11.8. The molecule has 1 N–H and O–H groups in total. The van der Waals surface area contributed by atoms with Gasteiger partial charge in [0.2, 0.25) is 0 Å². The molecular weight excluding hydrogens is 264 g/mol. The Morgan fingerprint density at radius 1 is 1.33 bits per heavy atom. The number of esters is 1. The maximum Gasteiger partial charge on any atom is 0.325 e. The van der Waals surface area contributed by atoms with Gasteiger partial charge >= 0.3 is 5.97 Å². The van der Waals surface area contributed by atoms with Crippen LogP contribution in [0.4, 0.5) is 5.69 Å². The van der Waals surface area contributed by atoms with Crippen LogP contribution in [0, 0.1) is 0 Å². The van der Waals surface area contributed by atoms with Gasteiger partial charge in [0, 0.05) is 19.3 Å². The second-order valence-electron chi connectivity index (χ2n) is 5.62. The Morgan fingerprint density at radius 2 is 1.95 bits per heavy atom. The molecule has 0 radical (unpaired) electrons. The number of nitrogens with zero attached hydrogens (tertiary/aromatic N) is 1. The molecular formula is C17H28N2O2. The number of hydrogen-bond donors (Lipinski definition) is 1. The number of likely N-dealkylation sites (N-methyl/N-ethyl adjacent to an activating group) is 1. The van der Waals surface area contributed by atoms with Crippen LogP contribution in [0.5, 0.6) is 0 Å². The number of nitrogens with one attached hydrogen (secondary N) is 1. The van der Waals surface area contributed by atoms with Crippen molar-refractivity contribution < 1.29 is 9.53 Å². The summed E-state index contributed by atoms with van der Waals surface area (Å²) in [6.07, 6.45) is 2.72. The predicted molar refractivity (Wildman–Crippen MR) is 87.8 cm³/mol. The highest BCUT2D eigenvalue weighted by Crippen LogP contribution is 2.18. The molecule has 0 aliphatic carbocycles. The van der Waals surface area contributed by atoms with E-state index in [1.807, 2.05) is 6.92 Å². The minimum Gasteiger partial charge on any atom is -0.468 e. The van der Waals surface area contributed by atoms with E-state index in [0.717, 1.165) is 25.8 Å². The average molecular weight is 292 g/mol. The molecule has 0 aromatic heterocycles. The summed E-state index contributed by atoms with van der Waals surface area (Å²) in [7, 11) is 5.30. The molecule has 0 aliphatic rings. The SMILES string of the molecule is CCc1ccc(N(C)CCCC(C)(NC)C(=O)OC)cc1. The van der Waals surface area contributed by atoms with Gasteiger partial charge in [-0.05, 0) is 50.9 Å². The average Bonchev–Trinajstić information content (AvgIpc) is 2.53. The lowest BCUT2D eigenvalue weighted by molar-refractivity contribution is -0.148. The van der Waals surface area contributed by atoms with Crippen LogP contribution in [0.25, 0.3) is 0 Å². The third-order valence-electron chi connectivity index (χ3n) is 4.14. The van der Waals surface area contributed by atoms with Crippen molar-refractivity contribution in [3.8, 4) is 0 Å². The quantitative estimate of drug-likeness (QED) is 0.748. The van der Waals surface area contributed by atoms with Crippen molar-refractivity contribution in [1.82, 2.24) is 5.32 Å². The van der Waals surface area contributed by atoms with E-state index in [1.54, 1.807) is 7.05 Å².